The molecule has 1 aliphatic heterocycles. The first kappa shape index (κ1) is 14.3. The lowest BCUT2D eigenvalue weighted by Crippen LogP contribution is -2.45. The molecular weight excluding hydrogens is 286 g/mol. The average Bonchev–Trinajstić information content (AvgIpc) is 2.36. The second kappa shape index (κ2) is 4.99. The van der Waals surface area contributed by atoms with Crippen LogP contribution in [0.1, 0.15) is 38.2 Å². The van der Waals surface area contributed by atoms with Gasteiger partial charge in [0, 0.05) is 29.5 Å². The lowest BCUT2D eigenvalue weighted by Gasteiger charge is -2.39. The number of fused-ring (bicyclic) bond motifs is 1. The molecule has 0 spiro atoms. The fourth-order valence-electron chi connectivity index (χ4n) is 3.40. The van der Waals surface area contributed by atoms with E-state index in [0.29, 0.717) is 17.9 Å². The first-order valence-corrected chi connectivity index (χ1v) is 7.54. The molecule has 3 rings (SSSR count). The van der Waals surface area contributed by atoms with Crippen molar-refractivity contribution in [3.05, 3.63) is 46.6 Å². The molecular formula is C17H18ClNO2. The molecule has 3 nitrogen and oxygen atoms in total. The predicted octanol–water partition coefficient (Wildman–Crippen LogP) is 3.44. The third-order valence-corrected chi connectivity index (χ3v) is 4.50. The van der Waals surface area contributed by atoms with Crippen molar-refractivity contribution in [1.82, 2.24) is 5.32 Å². The molecule has 2 aliphatic rings. The smallest absolute Gasteiger partial charge is 0.224 e. The molecule has 0 aromatic heterocycles. The van der Waals surface area contributed by atoms with Gasteiger partial charge in [-0.05, 0) is 23.1 Å². The highest BCUT2D eigenvalue weighted by Gasteiger charge is 2.43. The Balaban J connectivity index is 2.03. The van der Waals surface area contributed by atoms with Gasteiger partial charge in [-0.2, -0.15) is 0 Å². The Kier molecular flexibility index (Phi) is 3.40. The summed E-state index contributed by atoms with van der Waals surface area (Å²) in [6, 6.07) is 7.44. The zero-order valence-electron chi connectivity index (χ0n) is 12.2. The summed E-state index contributed by atoms with van der Waals surface area (Å²) < 4.78 is 0. The SMILES string of the molecule is CC1(C)C=C2NC(=O)C[C@@H](c3ccc(Cl)cc3)[C@@H]2C(=O)C1. The van der Waals surface area contributed by atoms with Gasteiger partial charge in [-0.3, -0.25) is 9.59 Å². The number of allylic oxidation sites excluding steroid dienone is 2. The number of halogens is 1. The van der Waals surface area contributed by atoms with E-state index in [1.54, 1.807) is 0 Å². The van der Waals surface area contributed by atoms with Crippen LogP contribution in [0, 0.1) is 11.3 Å². The Morgan fingerprint density at radius 3 is 2.52 bits per heavy atom. The van der Waals surface area contributed by atoms with Crippen LogP contribution in [-0.4, -0.2) is 11.7 Å². The van der Waals surface area contributed by atoms with Gasteiger partial charge in [-0.15, -0.1) is 0 Å². The number of carbonyl (C=O) groups is 2. The maximum Gasteiger partial charge on any atom is 0.224 e. The van der Waals surface area contributed by atoms with Gasteiger partial charge in [0.2, 0.25) is 5.91 Å². The molecule has 1 fully saturated rings. The first-order chi connectivity index (χ1) is 9.85. The second-order valence-electron chi connectivity index (χ2n) is 6.62. The fraction of sp³-hybridized carbons (Fsp3) is 0.412. The standard InChI is InChI=1S/C17H18ClNO2/c1-17(2)8-13-16(14(20)9-17)12(7-15(21)19-13)10-3-5-11(18)6-4-10/h3-6,8,12,16H,7,9H2,1-2H3,(H,19,21)/t12-,16-/m0/s1. The highest BCUT2D eigenvalue weighted by Crippen LogP contribution is 2.43. The number of piperidine rings is 1. The predicted molar refractivity (Wildman–Crippen MR) is 81.9 cm³/mol. The number of rotatable bonds is 1. The maximum absolute atomic E-state index is 12.6. The van der Waals surface area contributed by atoms with E-state index in [1.807, 2.05) is 44.2 Å². The summed E-state index contributed by atoms with van der Waals surface area (Å²) in [5.74, 6) is -0.150. The molecule has 1 aliphatic carbocycles. The Bertz CT molecular complexity index is 631. The molecule has 1 saturated heterocycles. The highest BCUT2D eigenvalue weighted by atomic mass is 35.5. The van der Waals surface area contributed by atoms with E-state index in [-0.39, 0.29) is 28.9 Å². The van der Waals surface area contributed by atoms with Gasteiger partial charge >= 0.3 is 0 Å². The Morgan fingerprint density at radius 2 is 1.86 bits per heavy atom. The Labute approximate surface area is 129 Å². The van der Waals surface area contributed by atoms with Crippen LogP contribution in [0.2, 0.25) is 5.02 Å². The van der Waals surface area contributed by atoms with Gasteiger partial charge in [0.25, 0.3) is 0 Å². The topological polar surface area (TPSA) is 46.2 Å². The molecule has 0 radical (unpaired) electrons. The molecule has 4 heteroatoms. The Morgan fingerprint density at radius 1 is 1.19 bits per heavy atom. The summed E-state index contributed by atoms with van der Waals surface area (Å²) in [7, 11) is 0. The van der Waals surface area contributed by atoms with E-state index >= 15 is 0 Å². The maximum atomic E-state index is 12.6. The largest absolute Gasteiger partial charge is 0.329 e. The summed E-state index contributed by atoms with van der Waals surface area (Å²) in [6.07, 6.45) is 2.90. The van der Waals surface area contributed by atoms with Gasteiger partial charge in [0.1, 0.15) is 5.78 Å². The van der Waals surface area contributed by atoms with Crippen molar-refractivity contribution < 1.29 is 9.59 Å². The zero-order valence-corrected chi connectivity index (χ0v) is 12.9. The van der Waals surface area contributed by atoms with Crippen molar-refractivity contribution in [2.24, 2.45) is 11.3 Å². The zero-order chi connectivity index (χ0) is 15.2. The quantitative estimate of drug-likeness (QED) is 0.864. The van der Waals surface area contributed by atoms with Crippen LogP contribution in [-0.2, 0) is 9.59 Å². The van der Waals surface area contributed by atoms with Crippen LogP contribution < -0.4 is 5.32 Å². The average molecular weight is 304 g/mol. The van der Waals surface area contributed by atoms with Crippen LogP contribution in [0.25, 0.3) is 0 Å². The van der Waals surface area contributed by atoms with E-state index in [4.69, 9.17) is 11.6 Å². The van der Waals surface area contributed by atoms with Crippen molar-refractivity contribution in [3.8, 4) is 0 Å². The van der Waals surface area contributed by atoms with Gasteiger partial charge in [0.15, 0.2) is 0 Å². The van der Waals surface area contributed by atoms with E-state index in [9.17, 15) is 9.59 Å². The number of ketones is 1. The molecule has 110 valence electrons. The monoisotopic (exact) mass is 303 g/mol. The third-order valence-electron chi connectivity index (χ3n) is 4.25. The molecule has 21 heavy (non-hydrogen) atoms. The van der Waals surface area contributed by atoms with E-state index < -0.39 is 0 Å². The summed E-state index contributed by atoms with van der Waals surface area (Å²) in [4.78, 5) is 24.6. The van der Waals surface area contributed by atoms with Crippen molar-refractivity contribution in [1.29, 1.82) is 0 Å². The highest BCUT2D eigenvalue weighted by molar-refractivity contribution is 6.30. The minimum Gasteiger partial charge on any atom is -0.329 e. The lowest BCUT2D eigenvalue weighted by atomic mass is 9.68. The summed E-state index contributed by atoms with van der Waals surface area (Å²) in [5, 5.41) is 3.55. The van der Waals surface area contributed by atoms with Gasteiger partial charge < -0.3 is 5.32 Å². The number of Topliss-reactive ketones (excluding diaryl/α,β-unsaturated/α-hetero) is 1. The van der Waals surface area contributed by atoms with E-state index in [0.717, 1.165) is 11.3 Å². The van der Waals surface area contributed by atoms with Gasteiger partial charge in [-0.1, -0.05) is 43.7 Å². The normalized spacial score (nSPS) is 27.7. The first-order valence-electron chi connectivity index (χ1n) is 7.16. The molecule has 0 unspecified atom stereocenters. The summed E-state index contributed by atoms with van der Waals surface area (Å²) in [5.41, 5.74) is 1.57. The number of hydrogen-bond donors (Lipinski definition) is 1. The van der Waals surface area contributed by atoms with Crippen molar-refractivity contribution in [3.63, 3.8) is 0 Å². The minimum absolute atomic E-state index is 0.0250. The molecule has 0 saturated carbocycles. The molecule has 1 heterocycles. The number of benzene rings is 1. The molecule has 2 atom stereocenters. The number of carbonyl (C=O) groups excluding carboxylic acids is 2. The van der Waals surface area contributed by atoms with Gasteiger partial charge in [-0.25, -0.2) is 0 Å². The fourth-order valence-corrected chi connectivity index (χ4v) is 3.53. The number of hydrogen-bond acceptors (Lipinski definition) is 2. The minimum atomic E-state index is -0.239. The summed E-state index contributed by atoms with van der Waals surface area (Å²) in [6.45, 7) is 4.04. The van der Waals surface area contributed by atoms with Crippen molar-refractivity contribution in [2.75, 3.05) is 0 Å². The van der Waals surface area contributed by atoms with Crippen LogP contribution in [0.15, 0.2) is 36.0 Å². The lowest BCUT2D eigenvalue weighted by molar-refractivity contribution is -0.128. The second-order valence-corrected chi connectivity index (χ2v) is 7.06. The number of amides is 1. The van der Waals surface area contributed by atoms with Crippen molar-refractivity contribution in [2.45, 2.75) is 32.6 Å². The van der Waals surface area contributed by atoms with Crippen LogP contribution >= 0.6 is 11.6 Å². The molecule has 1 aromatic carbocycles. The van der Waals surface area contributed by atoms with E-state index in [2.05, 4.69) is 5.32 Å². The summed E-state index contributed by atoms with van der Waals surface area (Å²) >= 11 is 5.93. The van der Waals surface area contributed by atoms with Crippen molar-refractivity contribution >= 4 is 23.3 Å². The molecule has 0 bridgehead atoms. The Hall–Kier alpha value is -1.61. The molecule has 1 N–H and O–H groups in total. The van der Waals surface area contributed by atoms with Crippen LogP contribution in [0.4, 0.5) is 0 Å². The molecule has 1 amide bonds. The third kappa shape index (κ3) is 2.75. The van der Waals surface area contributed by atoms with Gasteiger partial charge in [0.05, 0.1) is 5.92 Å². The molecule has 1 aromatic rings. The van der Waals surface area contributed by atoms with Crippen LogP contribution in [0.5, 0.6) is 0 Å². The number of nitrogens with one attached hydrogen (secondary N) is 1. The van der Waals surface area contributed by atoms with Crippen LogP contribution in [0.3, 0.4) is 0 Å². The van der Waals surface area contributed by atoms with E-state index in [1.165, 1.54) is 0 Å².